The number of nitrogens with one attached hydrogen (secondary N) is 1. The van der Waals surface area contributed by atoms with E-state index in [2.05, 4.69) is 22.5 Å². The van der Waals surface area contributed by atoms with Gasteiger partial charge >= 0.3 is 5.97 Å². The summed E-state index contributed by atoms with van der Waals surface area (Å²) in [6, 6.07) is 0. The average Bonchev–Trinajstić information content (AvgIpc) is 2.76. The molecular weight excluding hydrogens is 294 g/mol. The third kappa shape index (κ3) is 4.96. The van der Waals surface area contributed by atoms with Crippen molar-refractivity contribution < 1.29 is 14.3 Å². The van der Waals surface area contributed by atoms with E-state index in [1.807, 2.05) is 7.05 Å². The molecule has 0 bridgehead atoms. The highest BCUT2D eigenvalue weighted by atomic mass is 16.5. The van der Waals surface area contributed by atoms with E-state index < -0.39 is 0 Å². The number of hydrazine groups is 2. The Hall–Kier alpha value is -1.56. The summed E-state index contributed by atoms with van der Waals surface area (Å²) in [6.07, 6.45) is 6.18. The highest BCUT2D eigenvalue weighted by Gasteiger charge is 2.29. The first-order valence-corrected chi connectivity index (χ1v) is 8.70. The lowest BCUT2D eigenvalue weighted by Gasteiger charge is -2.28. The van der Waals surface area contributed by atoms with Crippen LogP contribution < -0.4 is 5.43 Å². The third-order valence-corrected chi connectivity index (χ3v) is 4.39. The summed E-state index contributed by atoms with van der Waals surface area (Å²) >= 11 is 0. The maximum absolute atomic E-state index is 11.8. The van der Waals surface area contributed by atoms with Crippen LogP contribution in [0, 0.1) is 0 Å². The molecule has 0 spiro atoms. The Morgan fingerprint density at radius 3 is 2.74 bits per heavy atom. The second-order valence-electron chi connectivity index (χ2n) is 6.43. The first-order valence-electron chi connectivity index (χ1n) is 8.70. The second-order valence-corrected chi connectivity index (χ2v) is 6.43. The summed E-state index contributed by atoms with van der Waals surface area (Å²) in [4.78, 5) is 22.8. The molecule has 1 heterocycles. The number of carbonyl (C=O) groups is 2. The zero-order valence-corrected chi connectivity index (χ0v) is 14.6. The van der Waals surface area contributed by atoms with Crippen molar-refractivity contribution >= 4 is 11.8 Å². The Kier molecular flexibility index (Phi) is 6.45. The lowest BCUT2D eigenvalue weighted by Crippen LogP contribution is -2.40. The molecule has 130 valence electrons. The van der Waals surface area contributed by atoms with E-state index in [0.29, 0.717) is 0 Å². The van der Waals surface area contributed by atoms with Gasteiger partial charge in [0.05, 0.1) is 12.1 Å². The average molecular weight is 323 g/mol. The van der Waals surface area contributed by atoms with E-state index in [1.54, 1.807) is 0 Å². The van der Waals surface area contributed by atoms with Crippen LogP contribution in [0.15, 0.2) is 11.4 Å². The number of hydrogen-bond donors (Lipinski definition) is 1. The molecule has 1 aliphatic carbocycles. The van der Waals surface area contributed by atoms with Crippen LogP contribution in [0.25, 0.3) is 0 Å². The maximum atomic E-state index is 11.8. The molecular formula is C17H29N3O3. The van der Waals surface area contributed by atoms with E-state index in [9.17, 15) is 9.59 Å². The Morgan fingerprint density at radius 1 is 1.26 bits per heavy atom. The maximum Gasteiger partial charge on any atom is 0.306 e. The van der Waals surface area contributed by atoms with E-state index in [1.165, 1.54) is 18.3 Å². The highest BCUT2D eigenvalue weighted by molar-refractivity contribution is 5.81. The van der Waals surface area contributed by atoms with Crippen molar-refractivity contribution in [3.8, 4) is 0 Å². The Morgan fingerprint density at radius 2 is 2.04 bits per heavy atom. The van der Waals surface area contributed by atoms with Gasteiger partial charge in [0.25, 0.3) is 0 Å². The smallest absolute Gasteiger partial charge is 0.306 e. The Labute approximate surface area is 138 Å². The molecule has 1 aliphatic heterocycles. The zero-order chi connectivity index (χ0) is 16.8. The molecule has 0 fully saturated rings. The van der Waals surface area contributed by atoms with E-state index in [0.717, 1.165) is 45.1 Å². The van der Waals surface area contributed by atoms with Crippen LogP contribution in [0.1, 0.15) is 65.2 Å². The molecule has 1 N–H and O–H groups in total. The number of hydrogen-bond acceptors (Lipinski definition) is 6. The molecule has 0 aromatic carbocycles. The predicted octanol–water partition coefficient (Wildman–Crippen LogP) is 2.52. The molecule has 23 heavy (non-hydrogen) atoms. The fourth-order valence-corrected chi connectivity index (χ4v) is 3.22. The minimum Gasteiger partial charge on any atom is -0.462 e. The largest absolute Gasteiger partial charge is 0.462 e. The number of Topliss-reactive ketones (excluding diaryl/α,β-unsaturated/α-hetero) is 1. The molecule has 1 unspecified atom stereocenters. The summed E-state index contributed by atoms with van der Waals surface area (Å²) in [5, 5.41) is 4.35. The highest BCUT2D eigenvalue weighted by Crippen LogP contribution is 2.30. The number of rotatable bonds is 6. The normalized spacial score (nSPS) is 22.2. The topological polar surface area (TPSA) is 61.9 Å². The van der Waals surface area contributed by atoms with Crippen LogP contribution in [0.2, 0.25) is 0 Å². The van der Waals surface area contributed by atoms with Crippen molar-refractivity contribution in [1.29, 1.82) is 0 Å². The standard InChI is InChI=1S/C17H29N3O3/c1-4-12-20-16-10-9-14(23-17(22)11-8-13(2)21)6-5-7-15(16)18-19(20)3/h14,18H,4-12H2,1-3H3. The number of allylic oxidation sites excluding steroid dienone is 2. The fraction of sp³-hybridized carbons (Fsp3) is 0.765. The zero-order valence-electron chi connectivity index (χ0n) is 14.6. The quantitative estimate of drug-likeness (QED) is 0.758. The van der Waals surface area contributed by atoms with Gasteiger partial charge in [0.2, 0.25) is 0 Å². The second kappa shape index (κ2) is 8.34. The summed E-state index contributed by atoms with van der Waals surface area (Å²) < 4.78 is 5.58. The first-order chi connectivity index (χ1) is 11.0. The molecule has 0 aromatic rings. The van der Waals surface area contributed by atoms with Crippen LogP contribution >= 0.6 is 0 Å². The Balaban J connectivity index is 1.90. The van der Waals surface area contributed by atoms with Crippen LogP contribution in [0.4, 0.5) is 0 Å². The van der Waals surface area contributed by atoms with Crippen LogP contribution in [0.3, 0.4) is 0 Å². The van der Waals surface area contributed by atoms with Crippen molar-refractivity contribution in [3.05, 3.63) is 11.4 Å². The van der Waals surface area contributed by atoms with Gasteiger partial charge in [-0.3, -0.25) is 9.80 Å². The van der Waals surface area contributed by atoms with E-state index >= 15 is 0 Å². The molecule has 6 heteroatoms. The monoisotopic (exact) mass is 323 g/mol. The van der Waals surface area contributed by atoms with Gasteiger partial charge in [0.15, 0.2) is 0 Å². The summed E-state index contributed by atoms with van der Waals surface area (Å²) in [5.74, 6) is -0.211. The molecule has 6 nitrogen and oxygen atoms in total. The van der Waals surface area contributed by atoms with E-state index in [4.69, 9.17) is 4.74 Å². The van der Waals surface area contributed by atoms with Gasteiger partial charge in [0.1, 0.15) is 11.9 Å². The van der Waals surface area contributed by atoms with Crippen molar-refractivity contribution in [2.24, 2.45) is 0 Å². The summed E-state index contributed by atoms with van der Waals surface area (Å²) in [5.41, 5.74) is 6.08. The Bertz CT molecular complexity index is 476. The molecule has 0 saturated carbocycles. The van der Waals surface area contributed by atoms with Gasteiger partial charge in [-0.1, -0.05) is 6.92 Å². The van der Waals surface area contributed by atoms with Gasteiger partial charge in [-0.25, -0.2) is 0 Å². The van der Waals surface area contributed by atoms with Crippen LogP contribution in [-0.4, -0.2) is 41.6 Å². The van der Waals surface area contributed by atoms with Crippen molar-refractivity contribution in [1.82, 2.24) is 15.6 Å². The molecule has 0 aromatic heterocycles. The minimum atomic E-state index is -0.243. The van der Waals surface area contributed by atoms with Crippen molar-refractivity contribution in [2.75, 3.05) is 13.6 Å². The lowest BCUT2D eigenvalue weighted by atomic mass is 9.99. The number of nitrogens with zero attached hydrogens (tertiary/aromatic N) is 2. The van der Waals surface area contributed by atoms with Crippen LogP contribution in [-0.2, 0) is 14.3 Å². The molecule has 1 atom stereocenters. The SMILES string of the molecule is CCCN1C2=C(CCCC(OC(=O)CCC(C)=O)CC2)NN1C. The predicted molar refractivity (Wildman–Crippen MR) is 87.8 cm³/mol. The molecule has 2 aliphatic rings. The number of ether oxygens (including phenoxy) is 1. The number of carbonyl (C=O) groups excluding carboxylic acids is 2. The molecule has 0 saturated heterocycles. The molecule has 2 rings (SSSR count). The van der Waals surface area contributed by atoms with Gasteiger partial charge in [0, 0.05) is 25.7 Å². The third-order valence-electron chi connectivity index (χ3n) is 4.39. The fourth-order valence-electron chi connectivity index (χ4n) is 3.22. The van der Waals surface area contributed by atoms with Gasteiger partial charge in [-0.2, -0.15) is 0 Å². The number of ketones is 1. The summed E-state index contributed by atoms with van der Waals surface area (Å²) in [7, 11) is 2.04. The lowest BCUT2D eigenvalue weighted by molar-refractivity contribution is -0.150. The van der Waals surface area contributed by atoms with Gasteiger partial charge in [-0.15, -0.1) is 5.12 Å². The summed E-state index contributed by atoms with van der Waals surface area (Å²) in [6.45, 7) is 4.67. The molecule has 0 radical (unpaired) electrons. The number of esters is 1. The van der Waals surface area contributed by atoms with Crippen molar-refractivity contribution in [3.63, 3.8) is 0 Å². The van der Waals surface area contributed by atoms with E-state index in [-0.39, 0.29) is 30.7 Å². The van der Waals surface area contributed by atoms with Crippen molar-refractivity contribution in [2.45, 2.75) is 71.3 Å². The van der Waals surface area contributed by atoms with Gasteiger partial charge in [-0.05, 0) is 45.4 Å². The minimum absolute atomic E-state index is 0.0297. The molecule has 0 amide bonds. The van der Waals surface area contributed by atoms with Gasteiger partial charge < -0.3 is 15.0 Å². The first kappa shape index (κ1) is 17.8. The van der Waals surface area contributed by atoms with Crippen LogP contribution in [0.5, 0.6) is 0 Å².